The van der Waals surface area contributed by atoms with Crippen molar-refractivity contribution >= 4 is 32.6 Å². The van der Waals surface area contributed by atoms with E-state index in [1.807, 2.05) is 0 Å². The molecule has 2 aromatic heterocycles. The minimum absolute atomic E-state index is 0.0258. The summed E-state index contributed by atoms with van der Waals surface area (Å²) in [6.07, 6.45) is 1.11. The number of hydrogen-bond donors (Lipinski definition) is 2. The Bertz CT molecular complexity index is 1680. The zero-order chi connectivity index (χ0) is 26.5. The van der Waals surface area contributed by atoms with Gasteiger partial charge < -0.3 is 11.5 Å². The third-order valence-corrected chi connectivity index (χ3v) is 6.95. The average molecular weight is 514 g/mol. The molecule has 186 valence electrons. The predicted octanol–water partition coefficient (Wildman–Crippen LogP) is 2.64. The highest BCUT2D eigenvalue weighted by Gasteiger charge is 2.28. The normalized spacial score (nSPS) is 11.7. The lowest BCUT2D eigenvalue weighted by atomic mass is 9.92. The number of carbonyl (C=O) groups is 2. The summed E-state index contributed by atoms with van der Waals surface area (Å²) in [5, 5.41) is 4.42. The Morgan fingerprint density at radius 2 is 1.58 bits per heavy atom. The molecule has 12 heteroatoms. The molecule has 0 saturated carbocycles. The van der Waals surface area contributed by atoms with Gasteiger partial charge in [0.2, 0.25) is 5.91 Å². The molecule has 36 heavy (non-hydrogen) atoms. The first-order chi connectivity index (χ1) is 16.8. The van der Waals surface area contributed by atoms with Gasteiger partial charge in [-0.2, -0.15) is 5.10 Å². The number of carbonyl (C=O) groups excluding carboxylic acids is 2. The molecule has 9 nitrogen and oxygen atoms in total. The maximum Gasteiger partial charge on any atom is 0.267 e. The summed E-state index contributed by atoms with van der Waals surface area (Å²) in [7, 11) is -3.36. The van der Waals surface area contributed by atoms with Gasteiger partial charge >= 0.3 is 0 Å². The molecule has 0 saturated heterocycles. The van der Waals surface area contributed by atoms with Crippen LogP contribution in [0.4, 0.5) is 8.78 Å². The molecule has 4 N–H and O–H groups in total. The van der Waals surface area contributed by atoms with Gasteiger partial charge in [-0.1, -0.05) is 12.1 Å². The third-order valence-electron chi connectivity index (χ3n) is 5.82. The van der Waals surface area contributed by atoms with Crippen molar-refractivity contribution in [1.82, 2.24) is 14.8 Å². The van der Waals surface area contributed by atoms with Gasteiger partial charge in [-0.3, -0.25) is 14.3 Å². The van der Waals surface area contributed by atoms with Crippen LogP contribution in [0.15, 0.2) is 41.3 Å². The zero-order valence-electron chi connectivity index (χ0n) is 19.5. The third kappa shape index (κ3) is 4.31. The predicted molar refractivity (Wildman–Crippen MR) is 128 cm³/mol. The van der Waals surface area contributed by atoms with Gasteiger partial charge in [-0.25, -0.2) is 22.2 Å². The Kier molecular flexibility index (Phi) is 6.08. The van der Waals surface area contributed by atoms with E-state index in [4.69, 9.17) is 11.5 Å². The Balaban J connectivity index is 1.94. The van der Waals surface area contributed by atoms with E-state index in [9.17, 15) is 26.8 Å². The summed E-state index contributed by atoms with van der Waals surface area (Å²) in [4.78, 5) is 29.2. The summed E-state index contributed by atoms with van der Waals surface area (Å²) < 4.78 is 53.0. The van der Waals surface area contributed by atoms with Crippen molar-refractivity contribution in [3.8, 4) is 11.1 Å². The minimum atomic E-state index is -3.36. The van der Waals surface area contributed by atoms with E-state index in [1.165, 1.54) is 12.1 Å². The monoisotopic (exact) mass is 513 g/mol. The summed E-state index contributed by atoms with van der Waals surface area (Å²) in [5.41, 5.74) is 12.4. The van der Waals surface area contributed by atoms with E-state index in [0.717, 1.165) is 24.0 Å². The maximum atomic E-state index is 14.1. The first-order valence-corrected chi connectivity index (χ1v) is 12.4. The van der Waals surface area contributed by atoms with Crippen LogP contribution in [-0.4, -0.2) is 41.3 Å². The van der Waals surface area contributed by atoms with Crippen molar-refractivity contribution in [3.63, 3.8) is 0 Å². The van der Waals surface area contributed by atoms with Crippen molar-refractivity contribution in [1.29, 1.82) is 0 Å². The lowest BCUT2D eigenvalue weighted by Gasteiger charge is -2.15. The largest absolute Gasteiger partial charge is 0.366 e. The smallest absolute Gasteiger partial charge is 0.267 e. The molecule has 0 aliphatic rings. The van der Waals surface area contributed by atoms with Gasteiger partial charge in [0, 0.05) is 34.5 Å². The van der Waals surface area contributed by atoms with Crippen LogP contribution in [0.25, 0.3) is 22.0 Å². The second-order valence-corrected chi connectivity index (χ2v) is 10.4. The summed E-state index contributed by atoms with van der Waals surface area (Å²) in [6, 6.07) is 7.81. The molecule has 2 amide bonds. The number of amides is 2. The number of primary amides is 2. The van der Waals surface area contributed by atoms with Gasteiger partial charge in [0.25, 0.3) is 5.91 Å². The van der Waals surface area contributed by atoms with Crippen LogP contribution < -0.4 is 11.5 Å². The van der Waals surface area contributed by atoms with Crippen LogP contribution in [0.2, 0.25) is 0 Å². The maximum absolute atomic E-state index is 14.1. The molecule has 2 heterocycles. The van der Waals surface area contributed by atoms with Crippen LogP contribution in [0, 0.1) is 25.5 Å². The van der Waals surface area contributed by atoms with Gasteiger partial charge in [0.15, 0.2) is 21.5 Å². The minimum Gasteiger partial charge on any atom is -0.366 e. The number of nitrogens with zero attached hydrogens (tertiary/aromatic N) is 3. The fourth-order valence-electron chi connectivity index (χ4n) is 4.16. The number of aromatic nitrogens is 3. The molecule has 4 rings (SSSR count). The molecule has 0 bridgehead atoms. The lowest BCUT2D eigenvalue weighted by Crippen LogP contribution is -2.21. The molecule has 0 aliphatic heterocycles. The Morgan fingerprint density at radius 1 is 0.972 bits per heavy atom. The number of sulfone groups is 1. The first kappa shape index (κ1) is 24.9. The van der Waals surface area contributed by atoms with Crippen LogP contribution in [0.1, 0.15) is 37.8 Å². The zero-order valence-corrected chi connectivity index (χ0v) is 20.3. The van der Waals surface area contributed by atoms with Gasteiger partial charge in [-0.15, -0.1) is 0 Å². The fourth-order valence-corrected chi connectivity index (χ4v) is 4.79. The van der Waals surface area contributed by atoms with Crippen molar-refractivity contribution in [3.05, 3.63) is 76.2 Å². The van der Waals surface area contributed by atoms with E-state index in [1.54, 1.807) is 30.7 Å². The first-order valence-electron chi connectivity index (χ1n) is 10.5. The molecule has 0 fully saturated rings. The average Bonchev–Trinajstić information content (AvgIpc) is 3.05. The van der Waals surface area contributed by atoms with Crippen molar-refractivity contribution < 1.29 is 26.8 Å². The highest BCUT2D eigenvalue weighted by Crippen LogP contribution is 2.36. The van der Waals surface area contributed by atoms with Crippen LogP contribution in [0.3, 0.4) is 0 Å². The van der Waals surface area contributed by atoms with E-state index in [2.05, 4.69) is 10.1 Å². The highest BCUT2D eigenvalue weighted by atomic mass is 32.2. The highest BCUT2D eigenvalue weighted by molar-refractivity contribution is 7.90. The lowest BCUT2D eigenvalue weighted by molar-refractivity contribution is 0.0996. The van der Waals surface area contributed by atoms with E-state index in [-0.39, 0.29) is 39.2 Å². The van der Waals surface area contributed by atoms with E-state index in [0.29, 0.717) is 17.0 Å². The van der Waals surface area contributed by atoms with Crippen LogP contribution in [0.5, 0.6) is 0 Å². The van der Waals surface area contributed by atoms with Crippen LogP contribution in [-0.2, 0) is 16.4 Å². The Hall–Kier alpha value is -4.19. The number of aryl methyl sites for hydroxylation is 1. The Labute approximate surface area is 204 Å². The molecular formula is C24H21F2N5O4S. The molecule has 0 spiro atoms. The second kappa shape index (κ2) is 8.79. The molecule has 4 aromatic rings. The summed E-state index contributed by atoms with van der Waals surface area (Å²) in [5.74, 6) is -4.42. The van der Waals surface area contributed by atoms with Gasteiger partial charge in [-0.05, 0) is 37.6 Å². The Morgan fingerprint density at radius 3 is 2.14 bits per heavy atom. The molecule has 0 radical (unpaired) electrons. The number of benzene rings is 2. The van der Waals surface area contributed by atoms with Crippen molar-refractivity contribution in [2.24, 2.45) is 11.5 Å². The molecule has 2 aromatic carbocycles. The molecular weight excluding hydrogens is 492 g/mol. The second-order valence-electron chi connectivity index (χ2n) is 8.34. The number of pyridine rings is 1. The number of fused-ring (bicyclic) bond motifs is 1. The molecule has 0 aliphatic carbocycles. The number of hydrogen-bond acceptors (Lipinski definition) is 6. The summed E-state index contributed by atoms with van der Waals surface area (Å²) >= 11 is 0. The number of rotatable bonds is 6. The summed E-state index contributed by atoms with van der Waals surface area (Å²) in [6.45, 7) is 3.55. The van der Waals surface area contributed by atoms with Crippen LogP contribution >= 0.6 is 0 Å². The SMILES string of the molecule is Cc1nn(Cc2ccc(S(C)(=O)=O)cc2)c(C)c1-c1c(C(N)=O)nc2cc(F)c(F)cc2c1C(N)=O. The number of halogens is 2. The van der Waals surface area contributed by atoms with Crippen molar-refractivity contribution in [2.45, 2.75) is 25.3 Å². The quantitative estimate of drug-likeness (QED) is 0.404. The number of nitrogens with two attached hydrogens (primary N) is 2. The van der Waals surface area contributed by atoms with E-state index >= 15 is 0 Å². The van der Waals surface area contributed by atoms with Crippen molar-refractivity contribution in [2.75, 3.05) is 6.26 Å². The molecule has 0 unspecified atom stereocenters. The standard InChI is InChI=1S/C24H21F2N5O4S/c1-11-19(12(2)31(30-11)10-13-4-6-14(7-5-13)36(3,34)35)21-20(23(27)32)15-8-16(25)17(26)9-18(15)29-22(21)24(28)33/h4-9H,10H2,1-3H3,(H2,27,32)(H2,28,33). The van der Waals surface area contributed by atoms with Gasteiger partial charge in [0.05, 0.1) is 28.2 Å². The van der Waals surface area contributed by atoms with E-state index < -0.39 is 33.3 Å². The molecule has 0 atom stereocenters. The van der Waals surface area contributed by atoms with Gasteiger partial charge in [0.1, 0.15) is 5.69 Å². The topological polar surface area (TPSA) is 151 Å². The fraction of sp³-hybridized carbons (Fsp3) is 0.167.